The molecular weight excluding hydrogens is 210 g/mol. The molecule has 6 heteroatoms. The maximum absolute atomic E-state index is 11.2. The molecule has 6 nitrogen and oxygen atoms in total. The molecule has 16 heavy (non-hydrogen) atoms. The molecule has 0 aliphatic heterocycles. The molecule has 1 heterocycles. The number of aromatic amines is 1. The second-order valence-corrected chi connectivity index (χ2v) is 3.39. The van der Waals surface area contributed by atoms with Crippen molar-refractivity contribution < 1.29 is 14.3 Å². The largest absolute Gasteiger partial charge is 0.469 e. The number of aromatic nitrogens is 2. The SMILES string of the molecule is COC(=O)CC(CNC(C)=O)c1ncc[nH]1. The van der Waals surface area contributed by atoms with Crippen molar-refractivity contribution in [3.63, 3.8) is 0 Å². The standard InChI is InChI=1S/C10H15N3O3/c1-7(14)13-6-8(5-9(15)16-2)10-11-3-4-12-10/h3-4,8H,5-6H2,1-2H3,(H,11,12)(H,13,14). The smallest absolute Gasteiger partial charge is 0.306 e. The van der Waals surface area contributed by atoms with E-state index in [-0.39, 0.29) is 24.2 Å². The second-order valence-electron chi connectivity index (χ2n) is 3.39. The van der Waals surface area contributed by atoms with Gasteiger partial charge in [-0.2, -0.15) is 0 Å². The van der Waals surface area contributed by atoms with E-state index in [1.165, 1.54) is 14.0 Å². The first-order valence-electron chi connectivity index (χ1n) is 4.94. The van der Waals surface area contributed by atoms with Gasteiger partial charge in [-0.25, -0.2) is 4.98 Å². The minimum absolute atomic E-state index is 0.138. The van der Waals surface area contributed by atoms with Crippen molar-refractivity contribution in [1.29, 1.82) is 0 Å². The number of carbonyl (C=O) groups is 2. The number of esters is 1. The summed E-state index contributed by atoms with van der Waals surface area (Å²) in [6.45, 7) is 1.79. The molecular formula is C10H15N3O3. The number of methoxy groups -OCH3 is 1. The number of nitrogens with one attached hydrogen (secondary N) is 2. The van der Waals surface area contributed by atoms with Gasteiger partial charge in [0.1, 0.15) is 5.82 Å². The Morgan fingerprint density at radius 3 is 2.88 bits per heavy atom. The third-order valence-electron chi connectivity index (χ3n) is 2.14. The Bertz CT molecular complexity index is 348. The van der Waals surface area contributed by atoms with E-state index in [1.54, 1.807) is 12.4 Å². The number of rotatable bonds is 5. The summed E-state index contributed by atoms with van der Waals surface area (Å²) in [5, 5.41) is 2.66. The van der Waals surface area contributed by atoms with Crippen LogP contribution in [0.5, 0.6) is 0 Å². The summed E-state index contributed by atoms with van der Waals surface area (Å²) in [7, 11) is 1.33. The first-order valence-corrected chi connectivity index (χ1v) is 4.94. The Morgan fingerprint density at radius 2 is 2.38 bits per heavy atom. The Labute approximate surface area is 93.4 Å². The highest BCUT2D eigenvalue weighted by atomic mass is 16.5. The summed E-state index contributed by atoms with van der Waals surface area (Å²) in [6, 6.07) is 0. The lowest BCUT2D eigenvalue weighted by atomic mass is 10.1. The van der Waals surface area contributed by atoms with Gasteiger partial charge in [0.05, 0.1) is 13.5 Å². The highest BCUT2D eigenvalue weighted by Crippen LogP contribution is 2.15. The number of carbonyl (C=O) groups excluding carboxylic acids is 2. The van der Waals surface area contributed by atoms with Gasteiger partial charge in [0.15, 0.2) is 0 Å². The van der Waals surface area contributed by atoms with Crippen molar-refractivity contribution >= 4 is 11.9 Å². The molecule has 88 valence electrons. The maximum Gasteiger partial charge on any atom is 0.306 e. The molecule has 1 aromatic rings. The maximum atomic E-state index is 11.2. The summed E-state index contributed by atoms with van der Waals surface area (Å²) >= 11 is 0. The monoisotopic (exact) mass is 225 g/mol. The predicted octanol–water partition coefficient (Wildman–Crippen LogP) is 0.192. The molecule has 1 atom stereocenters. The van der Waals surface area contributed by atoms with Crippen LogP contribution in [0.25, 0.3) is 0 Å². The summed E-state index contributed by atoms with van der Waals surface area (Å²) in [5.74, 6) is 0.0127. The first-order chi connectivity index (χ1) is 7.63. The van der Waals surface area contributed by atoms with Crippen molar-refractivity contribution in [3.8, 4) is 0 Å². The fraction of sp³-hybridized carbons (Fsp3) is 0.500. The topological polar surface area (TPSA) is 84.1 Å². The zero-order valence-corrected chi connectivity index (χ0v) is 9.32. The van der Waals surface area contributed by atoms with Crippen LogP contribution < -0.4 is 5.32 Å². The third-order valence-corrected chi connectivity index (χ3v) is 2.14. The molecule has 0 aliphatic carbocycles. The Morgan fingerprint density at radius 1 is 1.62 bits per heavy atom. The molecule has 2 N–H and O–H groups in total. The molecule has 0 fully saturated rings. The van der Waals surface area contributed by atoms with E-state index in [9.17, 15) is 9.59 Å². The van der Waals surface area contributed by atoms with Gasteiger partial charge < -0.3 is 15.0 Å². The first kappa shape index (κ1) is 12.2. The summed E-state index contributed by atoms with van der Waals surface area (Å²) in [6.07, 6.45) is 3.46. The van der Waals surface area contributed by atoms with E-state index in [4.69, 9.17) is 0 Å². The number of hydrogen-bond acceptors (Lipinski definition) is 4. The lowest BCUT2D eigenvalue weighted by Gasteiger charge is -2.13. The molecule has 1 aromatic heterocycles. The minimum Gasteiger partial charge on any atom is -0.469 e. The average Bonchev–Trinajstić information content (AvgIpc) is 2.76. The fourth-order valence-electron chi connectivity index (χ4n) is 1.32. The zero-order chi connectivity index (χ0) is 12.0. The number of amides is 1. The summed E-state index contributed by atoms with van der Waals surface area (Å²) < 4.78 is 4.59. The Balaban J connectivity index is 2.62. The second kappa shape index (κ2) is 5.89. The van der Waals surface area contributed by atoms with Crippen molar-refractivity contribution in [2.24, 2.45) is 0 Å². The molecule has 1 amide bonds. The number of hydrogen-bond donors (Lipinski definition) is 2. The van der Waals surface area contributed by atoms with Crippen molar-refractivity contribution in [1.82, 2.24) is 15.3 Å². The molecule has 1 unspecified atom stereocenters. The quantitative estimate of drug-likeness (QED) is 0.701. The summed E-state index contributed by atoms with van der Waals surface area (Å²) in [5.41, 5.74) is 0. The Kier molecular flexibility index (Phi) is 4.50. The predicted molar refractivity (Wildman–Crippen MR) is 56.6 cm³/mol. The highest BCUT2D eigenvalue weighted by molar-refractivity contribution is 5.73. The van der Waals surface area contributed by atoms with Crippen LogP contribution in [0.3, 0.4) is 0 Å². The van der Waals surface area contributed by atoms with E-state index in [1.807, 2.05) is 0 Å². The molecule has 0 bridgehead atoms. The number of imidazole rings is 1. The Hall–Kier alpha value is -1.85. The molecule has 0 aliphatic rings. The average molecular weight is 225 g/mol. The molecule has 1 rings (SSSR count). The van der Waals surface area contributed by atoms with Crippen molar-refractivity contribution in [2.45, 2.75) is 19.3 Å². The number of nitrogens with zero attached hydrogens (tertiary/aromatic N) is 1. The van der Waals surface area contributed by atoms with Crippen LogP contribution in [-0.4, -0.2) is 35.5 Å². The molecule has 0 aromatic carbocycles. The van der Waals surface area contributed by atoms with Gasteiger partial charge in [-0.1, -0.05) is 0 Å². The molecule has 0 saturated carbocycles. The highest BCUT2D eigenvalue weighted by Gasteiger charge is 2.18. The van der Waals surface area contributed by atoms with Crippen LogP contribution in [-0.2, 0) is 14.3 Å². The summed E-state index contributed by atoms with van der Waals surface area (Å²) in [4.78, 5) is 29.0. The normalized spacial score (nSPS) is 11.9. The minimum atomic E-state index is -0.327. The van der Waals surface area contributed by atoms with Gasteiger partial charge in [0, 0.05) is 31.8 Å². The van der Waals surface area contributed by atoms with Crippen molar-refractivity contribution in [3.05, 3.63) is 18.2 Å². The van der Waals surface area contributed by atoms with E-state index in [0.717, 1.165) is 0 Å². The van der Waals surface area contributed by atoms with Gasteiger partial charge in [0.2, 0.25) is 5.91 Å². The van der Waals surface area contributed by atoms with Crippen LogP contribution in [0, 0.1) is 0 Å². The number of ether oxygens (including phenoxy) is 1. The van der Waals surface area contributed by atoms with Gasteiger partial charge in [-0.3, -0.25) is 9.59 Å². The van der Waals surface area contributed by atoms with Crippen LogP contribution in [0.4, 0.5) is 0 Å². The van der Waals surface area contributed by atoms with E-state index >= 15 is 0 Å². The van der Waals surface area contributed by atoms with E-state index in [0.29, 0.717) is 12.4 Å². The molecule has 0 saturated heterocycles. The van der Waals surface area contributed by atoms with Crippen LogP contribution in [0.15, 0.2) is 12.4 Å². The molecule has 0 spiro atoms. The van der Waals surface area contributed by atoms with Crippen LogP contribution in [0.2, 0.25) is 0 Å². The van der Waals surface area contributed by atoms with E-state index in [2.05, 4.69) is 20.0 Å². The lowest BCUT2D eigenvalue weighted by Crippen LogP contribution is -2.28. The van der Waals surface area contributed by atoms with Gasteiger partial charge in [-0.15, -0.1) is 0 Å². The van der Waals surface area contributed by atoms with E-state index < -0.39 is 0 Å². The third kappa shape index (κ3) is 3.72. The van der Waals surface area contributed by atoms with Gasteiger partial charge >= 0.3 is 5.97 Å². The lowest BCUT2D eigenvalue weighted by molar-refractivity contribution is -0.141. The van der Waals surface area contributed by atoms with Crippen molar-refractivity contribution in [2.75, 3.05) is 13.7 Å². The van der Waals surface area contributed by atoms with Gasteiger partial charge in [-0.05, 0) is 0 Å². The van der Waals surface area contributed by atoms with Gasteiger partial charge in [0.25, 0.3) is 0 Å². The van der Waals surface area contributed by atoms with Crippen LogP contribution in [0.1, 0.15) is 25.1 Å². The number of H-pyrrole nitrogens is 1. The fourth-order valence-corrected chi connectivity index (χ4v) is 1.32. The zero-order valence-electron chi connectivity index (χ0n) is 9.32. The molecule has 0 radical (unpaired) electrons. The van der Waals surface area contributed by atoms with Crippen LogP contribution >= 0.6 is 0 Å².